The molecule has 1 aromatic carbocycles. The van der Waals surface area contributed by atoms with Crippen molar-refractivity contribution in [3.8, 4) is 0 Å². The molecular weight excluding hydrogens is 321 g/mol. The molecule has 1 aromatic heterocycles. The Balaban J connectivity index is 2.18. The second-order valence-electron chi connectivity index (χ2n) is 3.35. The summed E-state index contributed by atoms with van der Waals surface area (Å²) in [6, 6.07) is 5.32. The first-order chi connectivity index (χ1) is 8.56. The van der Waals surface area contributed by atoms with Gasteiger partial charge in [0, 0.05) is 10.2 Å². The molecule has 1 heterocycles. The highest BCUT2D eigenvalue weighted by atomic mass is 79.9. The van der Waals surface area contributed by atoms with Crippen LogP contribution < -0.4 is 5.32 Å². The number of nitrogens with one attached hydrogen (secondary N) is 1. The first kappa shape index (κ1) is 12.8. The van der Waals surface area contributed by atoms with Gasteiger partial charge in [-0.05, 0) is 34.1 Å². The molecule has 7 heteroatoms. The van der Waals surface area contributed by atoms with Gasteiger partial charge in [-0.1, -0.05) is 11.6 Å². The maximum Gasteiger partial charge on any atom is 0.356 e. The van der Waals surface area contributed by atoms with Gasteiger partial charge in [-0.2, -0.15) is 0 Å². The van der Waals surface area contributed by atoms with Crippen molar-refractivity contribution in [2.75, 3.05) is 5.32 Å². The van der Waals surface area contributed by atoms with Gasteiger partial charge in [0.05, 0.1) is 17.4 Å². The number of hydrogen-bond acceptors (Lipinski definition) is 4. The fourth-order valence-electron chi connectivity index (χ4n) is 1.22. The molecule has 0 aliphatic carbocycles. The van der Waals surface area contributed by atoms with E-state index in [1.165, 1.54) is 12.4 Å². The zero-order valence-corrected chi connectivity index (χ0v) is 11.2. The number of aromatic carboxylic acids is 1. The third-order valence-corrected chi connectivity index (χ3v) is 3.30. The zero-order valence-electron chi connectivity index (χ0n) is 8.89. The second kappa shape index (κ2) is 5.32. The van der Waals surface area contributed by atoms with Crippen molar-refractivity contribution in [1.82, 2.24) is 9.97 Å². The smallest absolute Gasteiger partial charge is 0.356 e. The fourth-order valence-corrected chi connectivity index (χ4v) is 1.65. The van der Waals surface area contributed by atoms with Crippen molar-refractivity contribution >= 4 is 45.0 Å². The molecule has 0 unspecified atom stereocenters. The zero-order chi connectivity index (χ0) is 13.1. The first-order valence-electron chi connectivity index (χ1n) is 4.83. The Bertz CT molecular complexity index is 589. The third kappa shape index (κ3) is 2.96. The standard InChI is InChI=1S/C11H7BrClN3O2/c12-7-2-1-6(3-8(7)13)16-10-5-14-9(4-15-10)11(17)18/h1-5H,(H,15,16)(H,17,18). The summed E-state index contributed by atoms with van der Waals surface area (Å²) >= 11 is 9.23. The number of carboxylic acid groups (broad SMARTS) is 1. The SMILES string of the molecule is O=C(O)c1cnc(Nc2ccc(Br)c(Cl)c2)cn1. The lowest BCUT2D eigenvalue weighted by atomic mass is 10.3. The van der Waals surface area contributed by atoms with Crippen LogP contribution in [-0.2, 0) is 0 Å². The van der Waals surface area contributed by atoms with Gasteiger partial charge in [-0.15, -0.1) is 0 Å². The lowest BCUT2D eigenvalue weighted by Gasteiger charge is -2.06. The number of nitrogens with zero attached hydrogens (tertiary/aromatic N) is 2. The maximum absolute atomic E-state index is 10.6. The summed E-state index contributed by atoms with van der Waals surface area (Å²) in [5.74, 6) is -0.667. The molecule has 0 amide bonds. The van der Waals surface area contributed by atoms with E-state index in [-0.39, 0.29) is 5.69 Å². The minimum Gasteiger partial charge on any atom is -0.476 e. The molecule has 18 heavy (non-hydrogen) atoms. The van der Waals surface area contributed by atoms with Crippen molar-refractivity contribution in [1.29, 1.82) is 0 Å². The van der Waals surface area contributed by atoms with Crippen molar-refractivity contribution < 1.29 is 9.90 Å². The lowest BCUT2D eigenvalue weighted by Crippen LogP contribution is -2.02. The molecule has 2 aromatic rings. The highest BCUT2D eigenvalue weighted by Gasteiger charge is 2.05. The van der Waals surface area contributed by atoms with E-state index in [0.717, 1.165) is 10.2 Å². The van der Waals surface area contributed by atoms with E-state index in [9.17, 15) is 4.79 Å². The molecule has 0 aliphatic heterocycles. The van der Waals surface area contributed by atoms with Crippen LogP contribution in [0.1, 0.15) is 10.5 Å². The molecule has 0 saturated heterocycles. The highest BCUT2D eigenvalue weighted by molar-refractivity contribution is 9.10. The molecule has 2 rings (SSSR count). The van der Waals surface area contributed by atoms with Crippen LogP contribution in [0.4, 0.5) is 11.5 Å². The second-order valence-corrected chi connectivity index (χ2v) is 4.61. The largest absolute Gasteiger partial charge is 0.476 e. The summed E-state index contributed by atoms with van der Waals surface area (Å²) < 4.78 is 0.794. The molecule has 0 bridgehead atoms. The first-order valence-corrected chi connectivity index (χ1v) is 6.01. The number of halogens is 2. The molecule has 0 saturated carbocycles. The minimum absolute atomic E-state index is 0.102. The van der Waals surface area contributed by atoms with Gasteiger partial charge in [-0.3, -0.25) is 0 Å². The number of carbonyl (C=O) groups is 1. The van der Waals surface area contributed by atoms with Crippen LogP contribution in [0.15, 0.2) is 35.1 Å². The molecule has 0 spiro atoms. The molecule has 2 N–H and O–H groups in total. The quantitative estimate of drug-likeness (QED) is 0.904. The summed E-state index contributed by atoms with van der Waals surface area (Å²) in [7, 11) is 0. The predicted molar refractivity (Wildman–Crippen MR) is 71.4 cm³/mol. The van der Waals surface area contributed by atoms with Gasteiger partial charge < -0.3 is 10.4 Å². The van der Waals surface area contributed by atoms with E-state index in [1.807, 2.05) is 6.07 Å². The van der Waals surface area contributed by atoms with Gasteiger partial charge in [-0.25, -0.2) is 14.8 Å². The maximum atomic E-state index is 10.6. The Morgan fingerprint density at radius 1 is 1.33 bits per heavy atom. The number of hydrogen-bond donors (Lipinski definition) is 2. The molecule has 0 fully saturated rings. The summed E-state index contributed by atoms with van der Waals surface area (Å²) in [4.78, 5) is 18.3. The number of anilines is 2. The monoisotopic (exact) mass is 327 g/mol. The van der Waals surface area contributed by atoms with Gasteiger partial charge in [0.15, 0.2) is 5.69 Å². The molecule has 0 radical (unpaired) electrons. The molecule has 92 valence electrons. The van der Waals surface area contributed by atoms with Crippen molar-refractivity contribution in [3.63, 3.8) is 0 Å². The summed E-state index contributed by atoms with van der Waals surface area (Å²) in [5.41, 5.74) is 0.634. The Hall–Kier alpha value is -1.66. The predicted octanol–water partition coefficient (Wildman–Crippen LogP) is 3.33. The summed E-state index contributed by atoms with van der Waals surface area (Å²) in [5, 5.41) is 12.2. The van der Waals surface area contributed by atoms with Crippen molar-refractivity contribution in [2.24, 2.45) is 0 Å². The van der Waals surface area contributed by atoms with Crippen LogP contribution in [0.5, 0.6) is 0 Å². The Labute approximate surface area is 116 Å². The molecular formula is C11H7BrClN3O2. The summed E-state index contributed by atoms with van der Waals surface area (Å²) in [6.07, 6.45) is 2.53. The van der Waals surface area contributed by atoms with Crippen LogP contribution in [-0.4, -0.2) is 21.0 Å². The Morgan fingerprint density at radius 3 is 2.67 bits per heavy atom. The Morgan fingerprint density at radius 2 is 2.11 bits per heavy atom. The van der Waals surface area contributed by atoms with Crippen molar-refractivity contribution in [3.05, 3.63) is 45.8 Å². The van der Waals surface area contributed by atoms with Gasteiger partial charge in [0.2, 0.25) is 0 Å². The van der Waals surface area contributed by atoms with E-state index < -0.39 is 5.97 Å². The van der Waals surface area contributed by atoms with Crippen LogP contribution in [0.3, 0.4) is 0 Å². The highest BCUT2D eigenvalue weighted by Crippen LogP contribution is 2.26. The van der Waals surface area contributed by atoms with Gasteiger partial charge in [0.1, 0.15) is 5.82 Å². The van der Waals surface area contributed by atoms with Crippen LogP contribution in [0.25, 0.3) is 0 Å². The minimum atomic E-state index is -1.11. The average Bonchev–Trinajstić information content (AvgIpc) is 2.34. The van der Waals surface area contributed by atoms with Crippen LogP contribution >= 0.6 is 27.5 Å². The van der Waals surface area contributed by atoms with E-state index in [1.54, 1.807) is 12.1 Å². The van der Waals surface area contributed by atoms with E-state index >= 15 is 0 Å². The van der Waals surface area contributed by atoms with E-state index in [4.69, 9.17) is 16.7 Å². The van der Waals surface area contributed by atoms with Crippen LogP contribution in [0.2, 0.25) is 5.02 Å². The topological polar surface area (TPSA) is 75.1 Å². The third-order valence-electron chi connectivity index (χ3n) is 2.06. The van der Waals surface area contributed by atoms with Crippen LogP contribution in [0, 0.1) is 0 Å². The number of carboxylic acids is 1. The van der Waals surface area contributed by atoms with E-state index in [0.29, 0.717) is 10.8 Å². The molecule has 0 aliphatic rings. The number of aromatic nitrogens is 2. The lowest BCUT2D eigenvalue weighted by molar-refractivity contribution is 0.0690. The fraction of sp³-hybridized carbons (Fsp3) is 0. The van der Waals surface area contributed by atoms with Crippen molar-refractivity contribution in [2.45, 2.75) is 0 Å². The average molecular weight is 329 g/mol. The number of benzene rings is 1. The molecule has 5 nitrogen and oxygen atoms in total. The van der Waals surface area contributed by atoms with Gasteiger partial charge in [0.25, 0.3) is 0 Å². The normalized spacial score (nSPS) is 10.1. The molecule has 0 atom stereocenters. The van der Waals surface area contributed by atoms with E-state index in [2.05, 4.69) is 31.2 Å². The summed E-state index contributed by atoms with van der Waals surface area (Å²) in [6.45, 7) is 0. The number of rotatable bonds is 3. The van der Waals surface area contributed by atoms with Gasteiger partial charge >= 0.3 is 5.97 Å². The Kier molecular flexibility index (Phi) is 3.78.